The molecule has 0 aromatic carbocycles. The Morgan fingerprint density at radius 1 is 1.47 bits per heavy atom. The Hall–Kier alpha value is -2.30. The Kier molecular flexibility index (Phi) is 6.96. The quantitative estimate of drug-likeness (QED) is 0.653. The van der Waals surface area contributed by atoms with Crippen molar-refractivity contribution in [3.8, 4) is 6.07 Å². The lowest BCUT2D eigenvalue weighted by Gasteiger charge is -2.25. The van der Waals surface area contributed by atoms with Crippen LogP contribution in [0.25, 0.3) is 0 Å². The van der Waals surface area contributed by atoms with Crippen LogP contribution in [0, 0.1) is 11.3 Å². The summed E-state index contributed by atoms with van der Waals surface area (Å²) in [5.74, 6) is -2.07. The molecule has 2 atom stereocenters. The number of amides is 2. The van der Waals surface area contributed by atoms with E-state index in [1.54, 1.807) is 6.92 Å². The van der Waals surface area contributed by atoms with Crippen LogP contribution in [0.4, 0.5) is 4.79 Å². The highest BCUT2D eigenvalue weighted by molar-refractivity contribution is 5.86. The smallest absolute Gasteiger partial charge is 0.326 e. The molecule has 8 heteroatoms. The highest BCUT2D eigenvalue weighted by Crippen LogP contribution is 2.02. The van der Waals surface area contributed by atoms with Gasteiger partial charge in [-0.2, -0.15) is 5.26 Å². The lowest BCUT2D eigenvalue weighted by atomic mass is 10.2. The molecule has 1 unspecified atom stereocenters. The number of rotatable bonds is 6. The summed E-state index contributed by atoms with van der Waals surface area (Å²) in [5.41, 5.74) is 0. The van der Waals surface area contributed by atoms with Crippen LogP contribution in [-0.4, -0.2) is 54.2 Å². The first-order valence-electron chi connectivity index (χ1n) is 5.53. The molecule has 2 amide bonds. The minimum Gasteiger partial charge on any atom is -0.480 e. The number of carbonyl (C=O) groups excluding carboxylic acids is 2. The number of methoxy groups -OCH3 is 1. The van der Waals surface area contributed by atoms with E-state index in [0.717, 1.165) is 7.11 Å². The predicted octanol–water partition coefficient (Wildman–Crippen LogP) is -0.0537. The summed E-state index contributed by atoms with van der Waals surface area (Å²) in [4.78, 5) is 34.9. The number of nitrogens with zero attached hydrogens (tertiary/aromatic N) is 2. The van der Waals surface area contributed by atoms with E-state index in [2.05, 4.69) is 10.1 Å². The van der Waals surface area contributed by atoms with Crippen molar-refractivity contribution >= 4 is 18.0 Å². The van der Waals surface area contributed by atoms with Crippen molar-refractivity contribution in [1.29, 1.82) is 5.26 Å². The van der Waals surface area contributed by atoms with Gasteiger partial charge in [0.15, 0.2) is 0 Å². The summed E-state index contributed by atoms with van der Waals surface area (Å²) >= 11 is 0. The van der Waals surface area contributed by atoms with Gasteiger partial charge in [0.25, 0.3) is 0 Å². The van der Waals surface area contributed by atoms with Gasteiger partial charge in [0, 0.05) is 13.1 Å². The van der Waals surface area contributed by atoms with Crippen molar-refractivity contribution in [1.82, 2.24) is 10.2 Å². The minimum absolute atomic E-state index is 0.124. The standard InChI is InChI=1S/C11H17N3O5/c1-7(4-5-12)14(2)11(18)13-8(10(16)17)6-9(15)19-3/h7-8H,4,6H2,1-3H3,(H,13,18)(H,16,17)/t7?,8-/m0/s1. The van der Waals surface area contributed by atoms with Crippen LogP contribution in [0.15, 0.2) is 0 Å². The van der Waals surface area contributed by atoms with Gasteiger partial charge in [0.05, 0.1) is 26.0 Å². The van der Waals surface area contributed by atoms with Gasteiger partial charge in [-0.25, -0.2) is 9.59 Å². The normalized spacial score (nSPS) is 12.7. The van der Waals surface area contributed by atoms with E-state index in [1.807, 2.05) is 6.07 Å². The molecule has 0 rings (SSSR count). The summed E-state index contributed by atoms with van der Waals surface area (Å²) in [6.07, 6.45) is -0.337. The first-order chi connectivity index (χ1) is 8.83. The Bertz CT molecular complexity index is 390. The molecule has 0 heterocycles. The van der Waals surface area contributed by atoms with Crippen LogP contribution < -0.4 is 5.32 Å². The summed E-state index contributed by atoms with van der Waals surface area (Å²) in [5, 5.41) is 19.6. The zero-order valence-corrected chi connectivity index (χ0v) is 11.0. The molecule has 2 N–H and O–H groups in total. The molecule has 0 aromatic rings. The number of aliphatic carboxylic acids is 1. The van der Waals surface area contributed by atoms with Crippen molar-refractivity contribution in [2.75, 3.05) is 14.2 Å². The highest BCUT2D eigenvalue weighted by Gasteiger charge is 2.26. The average Bonchev–Trinajstić information content (AvgIpc) is 2.36. The number of nitriles is 1. The lowest BCUT2D eigenvalue weighted by molar-refractivity contribution is -0.147. The summed E-state index contributed by atoms with van der Waals surface area (Å²) in [7, 11) is 2.57. The van der Waals surface area contributed by atoms with E-state index in [9.17, 15) is 14.4 Å². The number of carboxylic acids is 1. The fourth-order valence-electron chi connectivity index (χ4n) is 1.17. The molecule has 0 saturated heterocycles. The van der Waals surface area contributed by atoms with E-state index in [0.29, 0.717) is 0 Å². The second-order valence-corrected chi connectivity index (χ2v) is 3.94. The summed E-state index contributed by atoms with van der Waals surface area (Å²) < 4.78 is 4.35. The van der Waals surface area contributed by atoms with Crippen molar-refractivity contribution in [2.24, 2.45) is 0 Å². The molecular weight excluding hydrogens is 254 g/mol. The maximum absolute atomic E-state index is 11.7. The minimum atomic E-state index is -1.36. The van der Waals surface area contributed by atoms with Crippen LogP contribution in [0.2, 0.25) is 0 Å². The van der Waals surface area contributed by atoms with Crippen LogP contribution in [0.3, 0.4) is 0 Å². The third-order valence-electron chi connectivity index (χ3n) is 2.56. The second kappa shape index (κ2) is 7.92. The third-order valence-corrected chi connectivity index (χ3v) is 2.56. The van der Waals surface area contributed by atoms with Gasteiger partial charge in [-0.05, 0) is 6.92 Å². The van der Waals surface area contributed by atoms with Gasteiger partial charge in [-0.15, -0.1) is 0 Å². The molecule has 0 fully saturated rings. The van der Waals surface area contributed by atoms with Gasteiger partial charge in [-0.3, -0.25) is 4.79 Å². The van der Waals surface area contributed by atoms with Crippen molar-refractivity contribution in [2.45, 2.75) is 31.8 Å². The molecule has 0 aliphatic heterocycles. The highest BCUT2D eigenvalue weighted by atomic mass is 16.5. The SMILES string of the molecule is COC(=O)C[C@H](NC(=O)N(C)C(C)CC#N)C(=O)O. The maximum atomic E-state index is 11.7. The van der Waals surface area contributed by atoms with Crippen LogP contribution >= 0.6 is 0 Å². The molecule has 0 radical (unpaired) electrons. The fraction of sp³-hybridized carbons (Fsp3) is 0.636. The van der Waals surface area contributed by atoms with Crippen molar-refractivity contribution in [3.63, 3.8) is 0 Å². The van der Waals surface area contributed by atoms with E-state index in [1.165, 1.54) is 11.9 Å². The molecule has 0 aliphatic rings. The molecule has 8 nitrogen and oxygen atoms in total. The third kappa shape index (κ3) is 5.72. The number of carboxylic acid groups (broad SMARTS) is 1. The maximum Gasteiger partial charge on any atom is 0.326 e. The largest absolute Gasteiger partial charge is 0.480 e. The van der Waals surface area contributed by atoms with Crippen LogP contribution in [-0.2, 0) is 14.3 Å². The fourth-order valence-corrected chi connectivity index (χ4v) is 1.17. The number of carbonyl (C=O) groups is 3. The number of hydrogen-bond donors (Lipinski definition) is 2. The predicted molar refractivity (Wildman–Crippen MR) is 64.0 cm³/mol. The Labute approximate surface area is 110 Å². The molecular formula is C11H17N3O5. The van der Waals surface area contributed by atoms with Gasteiger partial charge >= 0.3 is 18.0 Å². The molecule has 0 bridgehead atoms. The first-order valence-corrected chi connectivity index (χ1v) is 5.53. The van der Waals surface area contributed by atoms with E-state index < -0.39 is 30.4 Å². The Balaban J connectivity index is 4.60. The molecule has 106 valence electrons. The molecule has 0 aliphatic carbocycles. The molecule has 0 saturated carbocycles. The number of esters is 1. The zero-order valence-electron chi connectivity index (χ0n) is 11.0. The molecule has 19 heavy (non-hydrogen) atoms. The Morgan fingerprint density at radius 3 is 2.47 bits per heavy atom. The lowest BCUT2D eigenvalue weighted by Crippen LogP contribution is -2.49. The first kappa shape index (κ1) is 16.7. The Morgan fingerprint density at radius 2 is 2.05 bits per heavy atom. The van der Waals surface area contributed by atoms with E-state index in [-0.39, 0.29) is 12.5 Å². The van der Waals surface area contributed by atoms with Gasteiger partial charge in [-0.1, -0.05) is 0 Å². The average molecular weight is 271 g/mol. The van der Waals surface area contributed by atoms with Gasteiger partial charge < -0.3 is 20.1 Å². The van der Waals surface area contributed by atoms with Gasteiger partial charge in [0.1, 0.15) is 6.04 Å². The summed E-state index contributed by atoms with van der Waals surface area (Å²) in [6.45, 7) is 1.65. The number of hydrogen-bond acceptors (Lipinski definition) is 5. The van der Waals surface area contributed by atoms with Crippen molar-refractivity contribution in [3.05, 3.63) is 0 Å². The summed E-state index contributed by atoms with van der Waals surface area (Å²) in [6, 6.07) is -0.487. The van der Waals surface area contributed by atoms with Crippen LogP contribution in [0.1, 0.15) is 19.8 Å². The molecule has 0 spiro atoms. The van der Waals surface area contributed by atoms with Gasteiger partial charge in [0.2, 0.25) is 0 Å². The van der Waals surface area contributed by atoms with Crippen LogP contribution in [0.5, 0.6) is 0 Å². The number of nitrogens with one attached hydrogen (secondary N) is 1. The van der Waals surface area contributed by atoms with E-state index >= 15 is 0 Å². The second-order valence-electron chi connectivity index (χ2n) is 3.94. The topological polar surface area (TPSA) is 120 Å². The monoisotopic (exact) mass is 271 g/mol. The zero-order chi connectivity index (χ0) is 15.0. The number of urea groups is 1. The van der Waals surface area contributed by atoms with E-state index in [4.69, 9.17) is 10.4 Å². The van der Waals surface area contributed by atoms with Crippen molar-refractivity contribution < 1.29 is 24.2 Å². The number of ether oxygens (including phenoxy) is 1. The molecule has 0 aromatic heterocycles.